The van der Waals surface area contributed by atoms with Crippen LogP contribution in [0.1, 0.15) is 0 Å². The first-order valence-corrected chi connectivity index (χ1v) is 35.1. The molecular weight excluding hydrogens is 573 g/mol. The SMILES string of the molecule is C[Si@@H]1O[Si@@H](C)O[Si@H](C)O[Si](C)(CC[Si](O[Si](C)(C)C)(O[Si](C)(C)C)O[Si](C)(C)C)O[Si@@H](C)O1. The van der Waals surface area contributed by atoms with E-state index in [1.807, 2.05) is 0 Å². The molecule has 0 aliphatic carbocycles. The van der Waals surface area contributed by atoms with Crippen LogP contribution in [0.3, 0.4) is 0 Å². The smallest absolute Gasteiger partial charge is 0.420 e. The van der Waals surface area contributed by atoms with Gasteiger partial charge in [-0.05, 0) is 97.7 Å². The van der Waals surface area contributed by atoms with Crippen molar-refractivity contribution in [1.29, 1.82) is 0 Å². The summed E-state index contributed by atoms with van der Waals surface area (Å²) in [6.07, 6.45) is 0. The summed E-state index contributed by atoms with van der Waals surface area (Å²) in [5, 5.41) is 0. The number of rotatable bonds is 9. The second-order valence-electron chi connectivity index (χ2n) is 11.9. The quantitative estimate of drug-likeness (QED) is 0.357. The Morgan fingerprint density at radius 3 is 1.18 bits per heavy atom. The zero-order valence-electron chi connectivity index (χ0n) is 23.5. The van der Waals surface area contributed by atoms with E-state index in [0.29, 0.717) is 6.04 Å². The molecule has 198 valence electrons. The molecule has 1 aliphatic rings. The van der Waals surface area contributed by atoms with Crippen molar-refractivity contribution >= 4 is 79.5 Å². The van der Waals surface area contributed by atoms with Gasteiger partial charge in [0.25, 0.3) is 37.1 Å². The summed E-state index contributed by atoms with van der Waals surface area (Å²) >= 11 is 0. The maximum absolute atomic E-state index is 6.87. The summed E-state index contributed by atoms with van der Waals surface area (Å²) in [5.41, 5.74) is 0. The fourth-order valence-electron chi connectivity index (χ4n) is 3.77. The van der Waals surface area contributed by atoms with Crippen molar-refractivity contribution in [2.24, 2.45) is 0 Å². The molecule has 0 radical (unpaired) electrons. The van der Waals surface area contributed by atoms with Crippen molar-refractivity contribution in [2.45, 2.75) is 104 Å². The number of hydrogen-bond donors (Lipinski definition) is 0. The lowest BCUT2D eigenvalue weighted by Crippen LogP contribution is -2.61. The minimum Gasteiger partial charge on any atom is -0.420 e. The van der Waals surface area contributed by atoms with Crippen LogP contribution in [0, 0.1) is 0 Å². The van der Waals surface area contributed by atoms with Gasteiger partial charge in [0.15, 0.2) is 25.0 Å². The molecule has 1 fully saturated rings. The molecule has 0 unspecified atom stereocenters. The van der Waals surface area contributed by atoms with Crippen LogP contribution in [-0.2, 0) is 32.9 Å². The van der Waals surface area contributed by atoms with E-state index in [4.69, 9.17) is 32.9 Å². The van der Waals surface area contributed by atoms with Crippen molar-refractivity contribution in [3.05, 3.63) is 0 Å². The predicted molar refractivity (Wildman–Crippen MR) is 158 cm³/mol. The van der Waals surface area contributed by atoms with Gasteiger partial charge in [-0.2, -0.15) is 0 Å². The molecule has 0 aromatic heterocycles. The minimum atomic E-state index is -2.95. The molecule has 0 bridgehead atoms. The van der Waals surface area contributed by atoms with Crippen LogP contribution in [0.25, 0.3) is 0 Å². The van der Waals surface area contributed by atoms with Gasteiger partial charge in [0.05, 0.1) is 0 Å². The molecule has 8 nitrogen and oxygen atoms in total. The van der Waals surface area contributed by atoms with Gasteiger partial charge in [-0.15, -0.1) is 0 Å². The van der Waals surface area contributed by atoms with Gasteiger partial charge in [-0.3, -0.25) is 0 Å². The molecular formula is C16H50O8Si9. The fraction of sp³-hybridized carbons (Fsp3) is 1.00. The first-order chi connectivity index (χ1) is 14.6. The summed E-state index contributed by atoms with van der Waals surface area (Å²) in [4.78, 5) is 0. The van der Waals surface area contributed by atoms with Gasteiger partial charge in [-0.25, -0.2) is 0 Å². The van der Waals surface area contributed by atoms with Crippen LogP contribution in [0.15, 0.2) is 0 Å². The summed E-state index contributed by atoms with van der Waals surface area (Å²) in [7, 11) is -18.6. The maximum Gasteiger partial charge on any atom is 0.469 e. The van der Waals surface area contributed by atoms with E-state index < -0.39 is 79.5 Å². The van der Waals surface area contributed by atoms with E-state index in [-0.39, 0.29) is 0 Å². The van der Waals surface area contributed by atoms with Gasteiger partial charge < -0.3 is 32.9 Å². The Morgan fingerprint density at radius 1 is 0.576 bits per heavy atom. The summed E-state index contributed by atoms with van der Waals surface area (Å²) in [5.74, 6) is 0. The average molecular weight is 623 g/mol. The van der Waals surface area contributed by atoms with E-state index in [1.165, 1.54) is 0 Å². The van der Waals surface area contributed by atoms with Gasteiger partial charge in [0.1, 0.15) is 0 Å². The van der Waals surface area contributed by atoms with Gasteiger partial charge in [0.2, 0.25) is 0 Å². The lowest BCUT2D eigenvalue weighted by Gasteiger charge is -2.44. The second-order valence-corrected chi connectivity index (χ2v) is 41.3. The monoisotopic (exact) mass is 622 g/mol. The molecule has 1 heterocycles. The molecule has 17 heteroatoms. The standard InChI is InChI=1S/C16H50O8Si9/c1-25-17-26(2)19-28(4)21-32(14,20-27(3)18-25)15-16-33(22-29(5,6)7,23-30(8,9)10)24-31(11,12)13/h25-28H,15-16H2,1-14H3/t25-,26-,27+,28+/m1/s1. The Morgan fingerprint density at radius 2 is 0.879 bits per heavy atom. The molecule has 4 atom stereocenters. The second kappa shape index (κ2) is 12.5. The van der Waals surface area contributed by atoms with Gasteiger partial charge >= 0.3 is 17.4 Å². The summed E-state index contributed by atoms with van der Waals surface area (Å²) in [6.45, 7) is 30.4. The third kappa shape index (κ3) is 14.2. The fourth-order valence-corrected chi connectivity index (χ4v) is 37.7. The van der Waals surface area contributed by atoms with Crippen molar-refractivity contribution < 1.29 is 32.9 Å². The van der Waals surface area contributed by atoms with E-state index in [2.05, 4.69) is 91.7 Å². The van der Waals surface area contributed by atoms with Crippen LogP contribution in [0.2, 0.25) is 104 Å². The Kier molecular flexibility index (Phi) is 12.3. The molecule has 1 aliphatic heterocycles. The third-order valence-corrected chi connectivity index (χ3v) is 33.7. The first-order valence-electron chi connectivity index (χ1n) is 12.0. The highest BCUT2D eigenvalue weighted by molar-refractivity contribution is 6.91. The van der Waals surface area contributed by atoms with Crippen LogP contribution in [-0.4, -0.2) is 79.5 Å². The highest BCUT2D eigenvalue weighted by Gasteiger charge is 2.52. The first kappa shape index (κ1) is 32.7. The zero-order valence-corrected chi connectivity index (χ0v) is 33.1. The van der Waals surface area contributed by atoms with Gasteiger partial charge in [-0.1, -0.05) is 0 Å². The molecule has 33 heavy (non-hydrogen) atoms. The van der Waals surface area contributed by atoms with Crippen LogP contribution < -0.4 is 0 Å². The maximum atomic E-state index is 6.87. The third-order valence-electron chi connectivity index (χ3n) is 4.25. The lowest BCUT2D eigenvalue weighted by molar-refractivity contribution is 0.247. The zero-order chi connectivity index (χ0) is 25.9. The van der Waals surface area contributed by atoms with Crippen molar-refractivity contribution in [1.82, 2.24) is 0 Å². The molecule has 0 saturated carbocycles. The van der Waals surface area contributed by atoms with Crippen LogP contribution in [0.5, 0.6) is 0 Å². The van der Waals surface area contributed by atoms with E-state index in [1.54, 1.807) is 0 Å². The van der Waals surface area contributed by atoms with E-state index in [0.717, 1.165) is 6.04 Å². The highest BCUT2D eigenvalue weighted by atomic mass is 28.5. The lowest BCUT2D eigenvalue weighted by atomic mass is 10.9. The average Bonchev–Trinajstić information content (AvgIpc) is 2.45. The number of hydrogen-bond acceptors (Lipinski definition) is 8. The molecule has 1 saturated heterocycles. The summed E-state index contributed by atoms with van der Waals surface area (Å²) in [6, 6.07) is 1.47. The highest BCUT2D eigenvalue weighted by Crippen LogP contribution is 2.33. The molecule has 1 rings (SSSR count). The Bertz CT molecular complexity index is 551. The Hall–Kier alpha value is 1.63. The Balaban J connectivity index is 3.27. The van der Waals surface area contributed by atoms with Gasteiger partial charge in [0, 0.05) is 6.04 Å². The summed E-state index contributed by atoms with van der Waals surface area (Å²) < 4.78 is 52.3. The normalized spacial score (nSPS) is 28.5. The minimum absolute atomic E-state index is 0.716. The van der Waals surface area contributed by atoms with Crippen molar-refractivity contribution in [2.75, 3.05) is 0 Å². The predicted octanol–water partition coefficient (Wildman–Crippen LogP) is 4.05. The molecule has 0 aromatic rings. The topological polar surface area (TPSA) is 73.8 Å². The molecule has 0 amide bonds. The molecule has 0 aromatic carbocycles. The van der Waals surface area contributed by atoms with E-state index in [9.17, 15) is 0 Å². The molecule has 0 N–H and O–H groups in total. The Labute approximate surface area is 215 Å². The van der Waals surface area contributed by atoms with Crippen LogP contribution >= 0.6 is 0 Å². The van der Waals surface area contributed by atoms with Crippen LogP contribution in [0.4, 0.5) is 0 Å². The molecule has 0 spiro atoms. The largest absolute Gasteiger partial charge is 0.469 e. The van der Waals surface area contributed by atoms with Crippen molar-refractivity contribution in [3.8, 4) is 0 Å². The van der Waals surface area contributed by atoms with E-state index >= 15 is 0 Å². The van der Waals surface area contributed by atoms with Crippen molar-refractivity contribution in [3.63, 3.8) is 0 Å².